The van der Waals surface area contributed by atoms with Crippen LogP contribution in [-0.4, -0.2) is 41.1 Å². The van der Waals surface area contributed by atoms with Gasteiger partial charge in [0.05, 0.1) is 24.8 Å². The lowest BCUT2D eigenvalue weighted by atomic mass is 9.95. The highest BCUT2D eigenvalue weighted by molar-refractivity contribution is 7.92. The second kappa shape index (κ2) is 9.25. The highest BCUT2D eigenvalue weighted by Crippen LogP contribution is 2.44. The highest BCUT2D eigenvalue weighted by atomic mass is 32.2. The summed E-state index contributed by atoms with van der Waals surface area (Å²) >= 11 is 0. The van der Waals surface area contributed by atoms with Gasteiger partial charge in [-0.05, 0) is 80.3 Å². The minimum absolute atomic E-state index is 0.0343. The molecule has 0 aromatic heterocycles. The zero-order valence-electron chi connectivity index (χ0n) is 19.6. The van der Waals surface area contributed by atoms with Crippen LogP contribution in [0.1, 0.15) is 36.8 Å². The lowest BCUT2D eigenvalue weighted by Gasteiger charge is -2.28. The number of methoxy groups -OCH3 is 2. The molecule has 2 fully saturated rings. The number of hydrogen-bond donors (Lipinski definition) is 1. The van der Waals surface area contributed by atoms with Gasteiger partial charge in [0, 0.05) is 12.1 Å². The van der Waals surface area contributed by atoms with E-state index in [4.69, 9.17) is 9.47 Å². The van der Waals surface area contributed by atoms with Crippen molar-refractivity contribution in [3.8, 4) is 11.5 Å². The summed E-state index contributed by atoms with van der Waals surface area (Å²) in [6.45, 7) is 3.54. The first-order chi connectivity index (χ1) is 15.7. The number of nitrogens with zero attached hydrogens (tertiary/aromatic N) is 1. The van der Waals surface area contributed by atoms with E-state index in [1.165, 1.54) is 37.1 Å². The fourth-order valence-electron chi connectivity index (χ4n) is 5.32. The third-order valence-corrected chi connectivity index (χ3v) is 8.58. The number of sulfonamides is 1. The molecule has 0 unspecified atom stereocenters. The molecule has 2 bridgehead atoms. The van der Waals surface area contributed by atoms with Crippen LogP contribution in [0, 0.1) is 25.7 Å². The molecule has 0 spiro atoms. The Balaban J connectivity index is 1.67. The van der Waals surface area contributed by atoms with Crippen LogP contribution < -0.4 is 19.1 Å². The molecule has 33 heavy (non-hydrogen) atoms. The maximum atomic E-state index is 13.8. The van der Waals surface area contributed by atoms with Gasteiger partial charge in [-0.1, -0.05) is 12.5 Å². The third-order valence-electron chi connectivity index (χ3n) is 6.81. The molecule has 2 aromatic rings. The molecule has 178 valence electrons. The number of benzene rings is 2. The largest absolute Gasteiger partial charge is 0.493 e. The Hall–Kier alpha value is -2.74. The van der Waals surface area contributed by atoms with Crippen LogP contribution in [0.3, 0.4) is 0 Å². The zero-order valence-corrected chi connectivity index (χ0v) is 20.4. The van der Waals surface area contributed by atoms with Gasteiger partial charge in [-0.15, -0.1) is 0 Å². The highest BCUT2D eigenvalue weighted by Gasteiger charge is 2.40. The monoisotopic (exact) mass is 472 g/mol. The Labute approximate surface area is 196 Å². The maximum Gasteiger partial charge on any atom is 0.264 e. The molecule has 1 N–H and O–H groups in total. The second-order valence-electron chi connectivity index (χ2n) is 9.22. The van der Waals surface area contributed by atoms with E-state index in [-0.39, 0.29) is 23.4 Å². The van der Waals surface area contributed by atoms with Gasteiger partial charge in [-0.3, -0.25) is 9.10 Å². The van der Waals surface area contributed by atoms with Crippen molar-refractivity contribution in [3.63, 3.8) is 0 Å². The van der Waals surface area contributed by atoms with Crippen LogP contribution >= 0.6 is 0 Å². The molecule has 0 aliphatic heterocycles. The molecule has 0 radical (unpaired) electrons. The van der Waals surface area contributed by atoms with Gasteiger partial charge in [0.15, 0.2) is 11.5 Å². The second-order valence-corrected chi connectivity index (χ2v) is 11.1. The van der Waals surface area contributed by atoms with Gasteiger partial charge in [-0.2, -0.15) is 0 Å². The molecule has 2 aliphatic carbocycles. The topological polar surface area (TPSA) is 84.9 Å². The number of carbonyl (C=O) groups excluding carboxylic acids is 1. The summed E-state index contributed by atoms with van der Waals surface area (Å²) in [5.74, 6) is 1.66. The molecule has 0 heterocycles. The van der Waals surface area contributed by atoms with E-state index in [1.54, 1.807) is 18.2 Å². The van der Waals surface area contributed by atoms with Crippen molar-refractivity contribution in [1.82, 2.24) is 5.32 Å². The van der Waals surface area contributed by atoms with Crippen molar-refractivity contribution in [3.05, 3.63) is 47.5 Å². The number of anilines is 1. The van der Waals surface area contributed by atoms with Crippen molar-refractivity contribution < 1.29 is 22.7 Å². The number of nitrogens with one attached hydrogen (secondary N) is 1. The Morgan fingerprint density at radius 3 is 2.27 bits per heavy atom. The molecule has 1 amide bonds. The first kappa shape index (κ1) is 23.4. The Morgan fingerprint density at radius 2 is 1.70 bits per heavy atom. The minimum Gasteiger partial charge on any atom is -0.493 e. The maximum absolute atomic E-state index is 13.8. The quantitative estimate of drug-likeness (QED) is 0.631. The van der Waals surface area contributed by atoms with Gasteiger partial charge in [-0.25, -0.2) is 8.42 Å². The lowest BCUT2D eigenvalue weighted by molar-refractivity contribution is -0.120. The Morgan fingerprint density at radius 1 is 1.00 bits per heavy atom. The Kier molecular flexibility index (Phi) is 6.56. The van der Waals surface area contributed by atoms with E-state index in [0.717, 1.165) is 30.4 Å². The van der Waals surface area contributed by atoms with E-state index in [0.29, 0.717) is 29.0 Å². The van der Waals surface area contributed by atoms with E-state index in [2.05, 4.69) is 5.32 Å². The van der Waals surface area contributed by atoms with Gasteiger partial charge in [0.25, 0.3) is 10.0 Å². The summed E-state index contributed by atoms with van der Waals surface area (Å²) in [7, 11) is -1.10. The first-order valence-corrected chi connectivity index (χ1v) is 12.8. The number of aryl methyl sites for hydroxylation is 2. The van der Waals surface area contributed by atoms with Crippen molar-refractivity contribution in [2.45, 2.75) is 50.5 Å². The first-order valence-electron chi connectivity index (χ1n) is 11.3. The Bertz CT molecular complexity index is 1130. The molecule has 4 rings (SSSR count). The van der Waals surface area contributed by atoms with Crippen molar-refractivity contribution in [2.24, 2.45) is 11.8 Å². The van der Waals surface area contributed by atoms with E-state index < -0.39 is 10.0 Å². The van der Waals surface area contributed by atoms with Crippen molar-refractivity contribution in [1.29, 1.82) is 0 Å². The number of amides is 1. The summed E-state index contributed by atoms with van der Waals surface area (Å²) in [6, 6.07) is 10.1. The lowest BCUT2D eigenvalue weighted by Crippen LogP contribution is -2.46. The number of carbonyl (C=O) groups is 1. The molecule has 3 atom stereocenters. The van der Waals surface area contributed by atoms with Crippen LogP contribution in [0.4, 0.5) is 5.69 Å². The van der Waals surface area contributed by atoms with Crippen LogP contribution in [0.5, 0.6) is 11.5 Å². The molecule has 8 heteroatoms. The minimum atomic E-state index is -4.05. The SMILES string of the molecule is COc1ccc(S(=O)(=O)N(CC(=O)N[C@@H]2C[C@@H]3CC[C@@H]2C3)c2cc(C)cc(C)c2)cc1OC. The molecule has 2 aromatic carbocycles. The smallest absolute Gasteiger partial charge is 0.264 e. The number of rotatable bonds is 8. The van der Waals surface area contributed by atoms with Gasteiger partial charge in [0.2, 0.25) is 5.91 Å². The summed E-state index contributed by atoms with van der Waals surface area (Å²) in [6.07, 6.45) is 4.53. The standard InChI is InChI=1S/C25H32N2O5S/c1-16-9-17(2)11-20(10-16)27(15-25(28)26-22-13-18-5-6-19(22)12-18)33(29,30)21-7-8-23(31-3)24(14-21)32-4/h7-11,14,18-19,22H,5-6,12-13,15H2,1-4H3,(H,26,28)/t18-,19-,22-/m1/s1. The van der Waals surface area contributed by atoms with Crippen LogP contribution in [0.25, 0.3) is 0 Å². The number of hydrogen-bond acceptors (Lipinski definition) is 5. The molecular formula is C25H32N2O5S. The number of fused-ring (bicyclic) bond motifs is 2. The van der Waals surface area contributed by atoms with Gasteiger partial charge >= 0.3 is 0 Å². The summed E-state index contributed by atoms with van der Waals surface area (Å²) < 4.78 is 39.3. The molecular weight excluding hydrogens is 440 g/mol. The fourth-order valence-corrected chi connectivity index (χ4v) is 6.74. The van der Waals surface area contributed by atoms with Crippen LogP contribution in [0.2, 0.25) is 0 Å². The molecule has 7 nitrogen and oxygen atoms in total. The molecule has 2 saturated carbocycles. The predicted molar refractivity (Wildman–Crippen MR) is 127 cm³/mol. The average Bonchev–Trinajstić information content (AvgIpc) is 3.39. The number of ether oxygens (including phenoxy) is 2. The van der Waals surface area contributed by atoms with Crippen molar-refractivity contribution >= 4 is 21.6 Å². The zero-order chi connectivity index (χ0) is 23.8. The molecule has 0 saturated heterocycles. The molecule has 2 aliphatic rings. The summed E-state index contributed by atoms with van der Waals surface area (Å²) in [5, 5.41) is 3.11. The van der Waals surface area contributed by atoms with E-state index >= 15 is 0 Å². The fraction of sp³-hybridized carbons (Fsp3) is 0.480. The third kappa shape index (κ3) is 4.81. The summed E-state index contributed by atoms with van der Waals surface area (Å²) in [5.41, 5.74) is 2.31. The van der Waals surface area contributed by atoms with Crippen LogP contribution in [0.15, 0.2) is 41.3 Å². The van der Waals surface area contributed by atoms with Crippen LogP contribution in [-0.2, 0) is 14.8 Å². The van der Waals surface area contributed by atoms with E-state index in [9.17, 15) is 13.2 Å². The van der Waals surface area contributed by atoms with Gasteiger partial charge in [0.1, 0.15) is 6.54 Å². The average molecular weight is 473 g/mol. The summed E-state index contributed by atoms with van der Waals surface area (Å²) in [4.78, 5) is 13.1. The van der Waals surface area contributed by atoms with E-state index in [1.807, 2.05) is 19.9 Å². The van der Waals surface area contributed by atoms with Gasteiger partial charge < -0.3 is 14.8 Å². The van der Waals surface area contributed by atoms with Crippen molar-refractivity contribution in [2.75, 3.05) is 25.1 Å². The predicted octanol–water partition coefficient (Wildman–Crippen LogP) is 3.82. The normalized spacial score (nSPS) is 21.6.